The van der Waals surface area contributed by atoms with Crippen LogP contribution in [0.3, 0.4) is 0 Å². The van der Waals surface area contributed by atoms with Crippen LogP contribution in [0.25, 0.3) is 0 Å². The molecule has 0 aliphatic carbocycles. The molecule has 0 aliphatic heterocycles. The molecule has 0 saturated carbocycles. The minimum Gasteiger partial charge on any atom is -0.493 e. The molecule has 1 rings (SSSR count). The summed E-state index contributed by atoms with van der Waals surface area (Å²) in [5.74, 6) is 0.885. The minimum atomic E-state index is 0.486. The second-order valence-corrected chi connectivity index (χ2v) is 4.30. The van der Waals surface area contributed by atoms with Gasteiger partial charge < -0.3 is 10.5 Å². The third-order valence-electron chi connectivity index (χ3n) is 2.83. The molecule has 1 heterocycles. The van der Waals surface area contributed by atoms with Gasteiger partial charge in [-0.3, -0.25) is 4.98 Å². The van der Waals surface area contributed by atoms with Crippen LogP contribution in [0.4, 0.5) is 0 Å². The molecular weight excluding hydrogens is 212 g/mol. The van der Waals surface area contributed by atoms with Crippen molar-refractivity contribution in [2.75, 3.05) is 6.61 Å². The Bertz CT molecular complexity index is 302. The van der Waals surface area contributed by atoms with Crippen LogP contribution in [0, 0.1) is 0 Å². The first kappa shape index (κ1) is 14.0. The second kappa shape index (κ2) is 8.99. The fraction of sp³-hybridized carbons (Fsp3) is 0.643. The normalized spacial score (nSPS) is 10.5. The maximum atomic E-state index is 5.71. The number of rotatable bonds is 9. The van der Waals surface area contributed by atoms with E-state index in [1.54, 1.807) is 12.4 Å². The molecule has 0 aliphatic rings. The van der Waals surface area contributed by atoms with Crippen LogP contribution >= 0.6 is 0 Å². The molecule has 0 saturated heterocycles. The second-order valence-electron chi connectivity index (χ2n) is 4.30. The Hall–Kier alpha value is -1.09. The topological polar surface area (TPSA) is 48.1 Å². The van der Waals surface area contributed by atoms with Crippen molar-refractivity contribution in [2.45, 2.75) is 52.0 Å². The van der Waals surface area contributed by atoms with Gasteiger partial charge in [-0.15, -0.1) is 0 Å². The largest absolute Gasteiger partial charge is 0.493 e. The fourth-order valence-electron chi connectivity index (χ4n) is 1.77. The van der Waals surface area contributed by atoms with Gasteiger partial charge in [0.15, 0.2) is 0 Å². The summed E-state index contributed by atoms with van der Waals surface area (Å²) in [6, 6.07) is 1.89. The van der Waals surface area contributed by atoms with E-state index in [9.17, 15) is 0 Å². The first-order valence-corrected chi connectivity index (χ1v) is 6.64. The van der Waals surface area contributed by atoms with Crippen molar-refractivity contribution < 1.29 is 4.74 Å². The van der Waals surface area contributed by atoms with Crippen LogP contribution in [0.1, 0.15) is 51.0 Å². The highest BCUT2D eigenvalue weighted by atomic mass is 16.5. The predicted molar refractivity (Wildman–Crippen MR) is 71.0 cm³/mol. The van der Waals surface area contributed by atoms with Crippen LogP contribution in [0.15, 0.2) is 18.5 Å². The average molecular weight is 236 g/mol. The zero-order valence-electron chi connectivity index (χ0n) is 10.8. The van der Waals surface area contributed by atoms with Crippen molar-refractivity contribution in [3.8, 4) is 5.75 Å². The number of hydrogen-bond donors (Lipinski definition) is 1. The van der Waals surface area contributed by atoms with Crippen molar-refractivity contribution in [3.05, 3.63) is 24.0 Å². The molecule has 1 aromatic rings. The molecule has 1 aromatic heterocycles. The van der Waals surface area contributed by atoms with E-state index in [-0.39, 0.29) is 0 Å². The van der Waals surface area contributed by atoms with Crippen molar-refractivity contribution >= 4 is 0 Å². The number of nitrogens with zero attached hydrogens (tertiary/aromatic N) is 1. The summed E-state index contributed by atoms with van der Waals surface area (Å²) >= 11 is 0. The molecule has 0 aromatic carbocycles. The molecule has 17 heavy (non-hydrogen) atoms. The highest BCUT2D eigenvalue weighted by molar-refractivity contribution is 5.29. The average Bonchev–Trinajstić information content (AvgIpc) is 2.38. The summed E-state index contributed by atoms with van der Waals surface area (Å²) in [6.45, 7) is 3.50. The van der Waals surface area contributed by atoms with Gasteiger partial charge in [0.1, 0.15) is 5.75 Å². The van der Waals surface area contributed by atoms with Crippen molar-refractivity contribution in [3.63, 3.8) is 0 Å². The van der Waals surface area contributed by atoms with Gasteiger partial charge in [0.2, 0.25) is 0 Å². The van der Waals surface area contributed by atoms with E-state index in [1.807, 2.05) is 6.07 Å². The van der Waals surface area contributed by atoms with Crippen molar-refractivity contribution in [2.24, 2.45) is 5.73 Å². The molecule has 0 amide bonds. The monoisotopic (exact) mass is 236 g/mol. The Kier molecular flexibility index (Phi) is 7.39. The van der Waals surface area contributed by atoms with Gasteiger partial charge in [-0.1, -0.05) is 39.0 Å². The Balaban J connectivity index is 2.13. The maximum absolute atomic E-state index is 5.71. The Morgan fingerprint density at radius 3 is 2.71 bits per heavy atom. The predicted octanol–water partition coefficient (Wildman–Crippen LogP) is 3.28. The molecule has 0 bridgehead atoms. The molecule has 0 atom stereocenters. The lowest BCUT2D eigenvalue weighted by molar-refractivity contribution is 0.301. The molecule has 0 fully saturated rings. The summed E-state index contributed by atoms with van der Waals surface area (Å²) in [5, 5.41) is 0. The van der Waals surface area contributed by atoms with Gasteiger partial charge in [0.05, 0.1) is 6.61 Å². The summed E-state index contributed by atoms with van der Waals surface area (Å²) in [4.78, 5) is 4.03. The number of pyridine rings is 1. The number of hydrogen-bond acceptors (Lipinski definition) is 3. The smallest absolute Gasteiger partial charge is 0.126 e. The van der Waals surface area contributed by atoms with Gasteiger partial charge in [-0.05, 0) is 12.5 Å². The first-order valence-electron chi connectivity index (χ1n) is 6.64. The van der Waals surface area contributed by atoms with Crippen LogP contribution in [0.5, 0.6) is 5.75 Å². The van der Waals surface area contributed by atoms with E-state index in [2.05, 4.69) is 11.9 Å². The summed E-state index contributed by atoms with van der Waals surface area (Å²) < 4.78 is 5.71. The minimum absolute atomic E-state index is 0.486. The Morgan fingerprint density at radius 1 is 1.18 bits per heavy atom. The first-order chi connectivity index (χ1) is 8.38. The van der Waals surface area contributed by atoms with Gasteiger partial charge in [0, 0.05) is 24.5 Å². The van der Waals surface area contributed by atoms with Crippen molar-refractivity contribution in [1.82, 2.24) is 4.98 Å². The van der Waals surface area contributed by atoms with E-state index >= 15 is 0 Å². The maximum Gasteiger partial charge on any atom is 0.126 e. The molecule has 3 nitrogen and oxygen atoms in total. The lowest BCUT2D eigenvalue weighted by Crippen LogP contribution is -2.04. The van der Waals surface area contributed by atoms with Crippen LogP contribution in [-0.2, 0) is 6.54 Å². The zero-order chi connectivity index (χ0) is 12.3. The molecule has 0 unspecified atom stereocenters. The third kappa shape index (κ3) is 5.68. The highest BCUT2D eigenvalue weighted by Gasteiger charge is 2.00. The lowest BCUT2D eigenvalue weighted by atomic mass is 10.1. The molecule has 0 radical (unpaired) electrons. The summed E-state index contributed by atoms with van der Waals surface area (Å²) in [5.41, 5.74) is 6.60. The summed E-state index contributed by atoms with van der Waals surface area (Å²) in [6.07, 6.45) is 11.2. The van der Waals surface area contributed by atoms with Gasteiger partial charge in [-0.2, -0.15) is 0 Å². The number of aromatic nitrogens is 1. The summed E-state index contributed by atoms with van der Waals surface area (Å²) in [7, 11) is 0. The molecular formula is C14H24N2O. The standard InChI is InChI=1S/C14H24N2O/c1-2-3-4-5-6-7-10-17-14-8-9-16-12-13(14)11-15/h8-9,12H,2-7,10-11,15H2,1H3. The van der Waals surface area contributed by atoms with E-state index in [0.29, 0.717) is 6.54 Å². The number of unbranched alkanes of at least 4 members (excludes halogenated alkanes) is 5. The van der Waals surface area contributed by atoms with Crippen LogP contribution < -0.4 is 10.5 Å². The number of nitrogens with two attached hydrogens (primary N) is 1. The molecule has 96 valence electrons. The molecule has 0 spiro atoms. The Labute approximate surface area is 104 Å². The van der Waals surface area contributed by atoms with Gasteiger partial charge >= 0.3 is 0 Å². The fourth-order valence-corrected chi connectivity index (χ4v) is 1.77. The van der Waals surface area contributed by atoms with Crippen LogP contribution in [0.2, 0.25) is 0 Å². The van der Waals surface area contributed by atoms with Gasteiger partial charge in [0.25, 0.3) is 0 Å². The number of ether oxygens (including phenoxy) is 1. The van der Waals surface area contributed by atoms with E-state index in [0.717, 1.165) is 24.3 Å². The van der Waals surface area contributed by atoms with E-state index in [1.165, 1.54) is 32.1 Å². The SMILES string of the molecule is CCCCCCCCOc1ccncc1CN. The van der Waals surface area contributed by atoms with Crippen molar-refractivity contribution in [1.29, 1.82) is 0 Å². The molecule has 3 heteroatoms. The molecule has 2 N–H and O–H groups in total. The zero-order valence-corrected chi connectivity index (χ0v) is 10.8. The third-order valence-corrected chi connectivity index (χ3v) is 2.83. The Morgan fingerprint density at radius 2 is 1.94 bits per heavy atom. The lowest BCUT2D eigenvalue weighted by Gasteiger charge is -2.09. The van der Waals surface area contributed by atoms with Gasteiger partial charge in [-0.25, -0.2) is 0 Å². The van der Waals surface area contributed by atoms with Crippen LogP contribution in [-0.4, -0.2) is 11.6 Å². The highest BCUT2D eigenvalue weighted by Crippen LogP contribution is 2.16. The van der Waals surface area contributed by atoms with E-state index in [4.69, 9.17) is 10.5 Å². The quantitative estimate of drug-likeness (QED) is 0.669. The van der Waals surface area contributed by atoms with E-state index < -0.39 is 0 Å².